The Labute approximate surface area is 220 Å². The summed E-state index contributed by atoms with van der Waals surface area (Å²) < 4.78 is 48.8. The van der Waals surface area contributed by atoms with Gasteiger partial charge in [-0.15, -0.1) is 5.10 Å². The van der Waals surface area contributed by atoms with E-state index in [1.54, 1.807) is 25.1 Å². The second-order valence-electron chi connectivity index (χ2n) is 8.74. The zero-order valence-electron chi connectivity index (χ0n) is 19.7. The van der Waals surface area contributed by atoms with Gasteiger partial charge in [0.25, 0.3) is 0 Å². The van der Waals surface area contributed by atoms with E-state index in [2.05, 4.69) is 20.4 Å². The normalized spacial score (nSPS) is 24.4. The highest BCUT2D eigenvalue weighted by molar-refractivity contribution is 7.70. The van der Waals surface area contributed by atoms with Crippen molar-refractivity contribution in [2.45, 2.75) is 43.8 Å². The van der Waals surface area contributed by atoms with Gasteiger partial charge in [0.1, 0.15) is 24.1 Å². The maximum absolute atomic E-state index is 14.2. The van der Waals surface area contributed by atoms with Gasteiger partial charge in [0.15, 0.2) is 17.4 Å². The highest BCUT2D eigenvalue weighted by atomic mass is 35.5. The number of aliphatic hydroxyl groups is 2. The lowest BCUT2D eigenvalue weighted by Gasteiger charge is -2.18. The number of halogens is 2. The molecule has 0 spiro atoms. The third-order valence-electron chi connectivity index (χ3n) is 5.81. The van der Waals surface area contributed by atoms with Crippen LogP contribution in [-0.2, 0) is 24.8 Å². The average Bonchev–Trinajstić information content (AvgIpc) is 3.32. The first-order valence-corrected chi connectivity index (χ1v) is 15.1. The molecule has 0 bridgehead atoms. The van der Waals surface area contributed by atoms with E-state index in [-0.39, 0.29) is 23.2 Å². The molecule has 0 saturated carbocycles. The molecule has 1 saturated heterocycles. The van der Waals surface area contributed by atoms with Gasteiger partial charge in [0, 0.05) is 12.0 Å². The van der Waals surface area contributed by atoms with Crippen LogP contribution in [0.2, 0.25) is 5.28 Å². The van der Waals surface area contributed by atoms with Gasteiger partial charge < -0.3 is 39.5 Å². The Morgan fingerprint density at radius 2 is 1.89 bits per heavy atom. The second kappa shape index (κ2) is 11.2. The number of imidazole rings is 1. The molecule has 18 heteroatoms. The lowest BCUT2D eigenvalue weighted by Crippen LogP contribution is -2.34. The first-order chi connectivity index (χ1) is 17.7. The molecule has 1 aliphatic heterocycles. The standard InChI is InChI=1S/C20H25ClFN5O9P2/c1-10(12-4-2-3-5-13(12)22)24-18-19-23-7-11(27(19)26-20(21)25-18)6-14-16(28)17(29)15(36-14)8-35-38(33,34)9-37(30,31)32/h2-5,7,10,14-17,28-29H,6,8-9H2,1H3,(H,33,34)(H,24,25,26)(H2,30,31,32)/t10-,14-,15+,16-,17+/m0/s1. The number of rotatable bonds is 10. The largest absolute Gasteiger partial charge is 0.388 e. The average molecular weight is 596 g/mol. The maximum atomic E-state index is 14.2. The van der Waals surface area contributed by atoms with Crippen LogP contribution in [0.5, 0.6) is 0 Å². The molecule has 1 fully saturated rings. The number of ether oxygens (including phenoxy) is 1. The molecular weight excluding hydrogens is 571 g/mol. The molecule has 14 nitrogen and oxygen atoms in total. The Morgan fingerprint density at radius 1 is 1.21 bits per heavy atom. The lowest BCUT2D eigenvalue weighted by molar-refractivity contribution is -0.0177. The molecule has 3 aromatic rings. The van der Waals surface area contributed by atoms with Crippen molar-refractivity contribution in [2.75, 3.05) is 17.8 Å². The van der Waals surface area contributed by atoms with Crippen molar-refractivity contribution < 1.29 is 47.7 Å². The third kappa shape index (κ3) is 6.75. The van der Waals surface area contributed by atoms with Gasteiger partial charge >= 0.3 is 15.2 Å². The fourth-order valence-electron chi connectivity index (χ4n) is 4.05. The van der Waals surface area contributed by atoms with Gasteiger partial charge in [-0.25, -0.2) is 13.9 Å². The molecule has 1 aliphatic rings. The molecule has 2 aromatic heterocycles. The van der Waals surface area contributed by atoms with Crippen molar-refractivity contribution in [1.29, 1.82) is 0 Å². The first kappa shape index (κ1) is 29.0. The van der Waals surface area contributed by atoms with Gasteiger partial charge in [-0.2, -0.15) is 4.98 Å². The Balaban J connectivity index is 1.49. The molecule has 1 unspecified atom stereocenters. The van der Waals surface area contributed by atoms with Crippen LogP contribution >= 0.6 is 26.8 Å². The van der Waals surface area contributed by atoms with Crippen LogP contribution in [0.1, 0.15) is 24.2 Å². The summed E-state index contributed by atoms with van der Waals surface area (Å²) >= 11 is 6.11. The van der Waals surface area contributed by atoms with Crippen LogP contribution in [0.3, 0.4) is 0 Å². The third-order valence-corrected chi connectivity index (χ3v) is 9.42. The predicted octanol–water partition coefficient (Wildman–Crippen LogP) is 1.46. The van der Waals surface area contributed by atoms with Crippen LogP contribution in [0.15, 0.2) is 30.5 Å². The Kier molecular flexibility index (Phi) is 8.55. The van der Waals surface area contributed by atoms with Crippen molar-refractivity contribution >= 4 is 38.3 Å². The van der Waals surface area contributed by atoms with E-state index in [0.717, 1.165) is 0 Å². The van der Waals surface area contributed by atoms with E-state index in [4.69, 9.17) is 30.6 Å². The Bertz CT molecular complexity index is 1410. The fourth-order valence-corrected chi connectivity index (χ4v) is 6.78. The van der Waals surface area contributed by atoms with Gasteiger partial charge in [0.05, 0.1) is 30.6 Å². The number of benzene rings is 1. The summed E-state index contributed by atoms with van der Waals surface area (Å²) in [6, 6.07) is 5.72. The van der Waals surface area contributed by atoms with Crippen LogP contribution in [0.25, 0.3) is 5.65 Å². The predicted molar refractivity (Wildman–Crippen MR) is 131 cm³/mol. The number of aliphatic hydroxyl groups excluding tert-OH is 2. The van der Waals surface area contributed by atoms with E-state index >= 15 is 0 Å². The van der Waals surface area contributed by atoms with E-state index in [1.807, 2.05) is 0 Å². The number of hydrogen-bond acceptors (Lipinski definition) is 10. The summed E-state index contributed by atoms with van der Waals surface area (Å²) in [5.41, 5.74) is 1.04. The summed E-state index contributed by atoms with van der Waals surface area (Å²) in [7, 11) is -9.52. The van der Waals surface area contributed by atoms with Crippen molar-refractivity contribution in [3.8, 4) is 0 Å². The fraction of sp³-hybridized carbons (Fsp3) is 0.450. The monoisotopic (exact) mass is 595 g/mol. The number of fused-ring (bicyclic) bond motifs is 1. The molecule has 208 valence electrons. The summed E-state index contributed by atoms with van der Waals surface area (Å²) in [5.74, 6) is -1.59. The Morgan fingerprint density at radius 3 is 2.58 bits per heavy atom. The maximum Gasteiger partial charge on any atom is 0.340 e. The molecular formula is C20H25ClFN5O9P2. The lowest BCUT2D eigenvalue weighted by atomic mass is 10.0. The summed E-state index contributed by atoms with van der Waals surface area (Å²) in [5, 5.41) is 27.8. The quantitative estimate of drug-likeness (QED) is 0.184. The van der Waals surface area contributed by atoms with E-state index in [0.29, 0.717) is 11.3 Å². The molecule has 0 radical (unpaired) electrons. The van der Waals surface area contributed by atoms with Crippen molar-refractivity contribution in [3.05, 3.63) is 52.8 Å². The van der Waals surface area contributed by atoms with E-state index in [9.17, 15) is 28.6 Å². The molecule has 4 rings (SSSR count). The smallest absolute Gasteiger partial charge is 0.340 e. The van der Waals surface area contributed by atoms with Crippen LogP contribution < -0.4 is 5.32 Å². The van der Waals surface area contributed by atoms with E-state index in [1.165, 1.54) is 16.8 Å². The summed E-state index contributed by atoms with van der Waals surface area (Å²) in [4.78, 5) is 35.9. The van der Waals surface area contributed by atoms with Crippen LogP contribution in [-0.4, -0.2) is 81.4 Å². The van der Waals surface area contributed by atoms with E-state index < -0.39 is 64.0 Å². The second-order valence-corrected chi connectivity index (χ2v) is 13.1. The minimum Gasteiger partial charge on any atom is -0.388 e. The molecule has 38 heavy (non-hydrogen) atoms. The van der Waals surface area contributed by atoms with Gasteiger partial charge in [-0.05, 0) is 24.6 Å². The topological polar surface area (TPSA) is 209 Å². The number of nitrogens with one attached hydrogen (secondary N) is 1. The highest BCUT2D eigenvalue weighted by Crippen LogP contribution is 2.55. The van der Waals surface area contributed by atoms with Gasteiger partial charge in [-0.1, -0.05) is 18.2 Å². The van der Waals surface area contributed by atoms with Gasteiger partial charge in [-0.3, -0.25) is 9.13 Å². The van der Waals surface area contributed by atoms with Crippen molar-refractivity contribution in [2.24, 2.45) is 0 Å². The number of nitrogens with zero attached hydrogens (tertiary/aromatic N) is 4. The molecule has 1 aromatic carbocycles. The first-order valence-electron chi connectivity index (χ1n) is 11.2. The molecule has 6 N–H and O–H groups in total. The summed E-state index contributed by atoms with van der Waals surface area (Å²) in [6.45, 7) is 1.03. The molecule has 0 amide bonds. The summed E-state index contributed by atoms with van der Waals surface area (Å²) in [6.07, 6.45) is -3.86. The minimum absolute atomic E-state index is 0.0369. The number of hydrogen-bond donors (Lipinski definition) is 6. The van der Waals surface area contributed by atoms with Crippen molar-refractivity contribution in [1.82, 2.24) is 19.6 Å². The highest BCUT2D eigenvalue weighted by Gasteiger charge is 2.44. The molecule has 3 heterocycles. The Hall–Kier alpha value is -2.03. The zero-order chi connectivity index (χ0) is 27.8. The van der Waals surface area contributed by atoms with Gasteiger partial charge in [0.2, 0.25) is 5.28 Å². The SMILES string of the molecule is C[C@H](Nc1nc(Cl)nn2c(C[C@@H]3O[C@H](COP(=O)(O)CP(=O)(O)O)[C@@H](O)[C@H]3O)cnc12)c1ccccc1F. The van der Waals surface area contributed by atoms with Crippen LogP contribution in [0.4, 0.5) is 10.2 Å². The molecule has 6 atom stereocenters. The minimum atomic E-state index is -4.83. The number of aromatic nitrogens is 4. The van der Waals surface area contributed by atoms with Crippen LogP contribution in [0, 0.1) is 5.82 Å². The zero-order valence-corrected chi connectivity index (χ0v) is 22.2. The van der Waals surface area contributed by atoms with Crippen molar-refractivity contribution in [3.63, 3.8) is 0 Å². The number of anilines is 1. The molecule has 0 aliphatic carbocycles.